The molecule has 0 radical (unpaired) electrons. The molecule has 0 aromatic carbocycles. The zero-order chi connectivity index (χ0) is 12.5. The van der Waals surface area contributed by atoms with Gasteiger partial charge < -0.3 is 16.2 Å². The second-order valence-corrected chi connectivity index (χ2v) is 4.35. The Bertz CT molecular complexity index is 377. The molecule has 0 amide bonds. The average molecular weight is 234 g/mol. The smallest absolute Gasteiger partial charge is 0.157 e. The first-order valence-corrected chi connectivity index (χ1v) is 5.47. The first-order valence-electron chi connectivity index (χ1n) is 5.47. The van der Waals surface area contributed by atoms with Gasteiger partial charge in [0.1, 0.15) is 0 Å². The summed E-state index contributed by atoms with van der Waals surface area (Å²) < 4.78 is 5.76. The van der Waals surface area contributed by atoms with Gasteiger partial charge in [-0.2, -0.15) is 0 Å². The summed E-state index contributed by atoms with van der Waals surface area (Å²) in [5.41, 5.74) is 21.7. The summed E-state index contributed by atoms with van der Waals surface area (Å²) in [4.78, 5) is 0. The van der Waals surface area contributed by atoms with Crippen LogP contribution < -0.4 is 22.9 Å². The molecule has 8 N–H and O–H groups in total. The average Bonchev–Trinajstić information content (AvgIpc) is 2.27. The van der Waals surface area contributed by atoms with E-state index in [4.69, 9.17) is 27.7 Å². The molecule has 0 saturated heterocycles. The van der Waals surface area contributed by atoms with Crippen LogP contribution in [0, 0.1) is 0 Å². The predicted octanol–water partition coefficient (Wildman–Crippen LogP) is -0.780. The molecular weight excluding hydrogens is 216 g/mol. The lowest BCUT2D eigenvalue weighted by Gasteiger charge is -2.42. The van der Waals surface area contributed by atoms with Crippen molar-refractivity contribution in [1.29, 1.82) is 0 Å². The standard InChI is InChI=1S/C12H18N4O/c13-9-5-1-3-7-11(9,15)17-12(16)8-4-2-6-10(12)14/h1-10H,13-16H2. The highest BCUT2D eigenvalue weighted by Crippen LogP contribution is 2.25. The number of hydrogen-bond acceptors (Lipinski definition) is 5. The van der Waals surface area contributed by atoms with Crippen molar-refractivity contribution in [2.24, 2.45) is 22.9 Å². The minimum atomic E-state index is -1.14. The van der Waals surface area contributed by atoms with E-state index in [1.165, 1.54) is 0 Å². The number of allylic oxidation sites excluding steroid dienone is 4. The number of rotatable bonds is 2. The minimum absolute atomic E-state index is 0.459. The van der Waals surface area contributed by atoms with E-state index in [2.05, 4.69) is 0 Å². The van der Waals surface area contributed by atoms with Crippen LogP contribution in [0.3, 0.4) is 0 Å². The summed E-state index contributed by atoms with van der Waals surface area (Å²) in [6, 6.07) is -0.918. The molecule has 17 heavy (non-hydrogen) atoms. The van der Waals surface area contributed by atoms with E-state index in [-0.39, 0.29) is 0 Å². The number of nitrogens with two attached hydrogens (primary N) is 4. The maximum Gasteiger partial charge on any atom is 0.157 e. The van der Waals surface area contributed by atoms with Gasteiger partial charge in [0, 0.05) is 0 Å². The molecule has 0 saturated carbocycles. The summed E-state index contributed by atoms with van der Waals surface area (Å²) in [6.07, 6.45) is 14.1. The van der Waals surface area contributed by atoms with Crippen LogP contribution in [0.15, 0.2) is 48.6 Å². The Balaban J connectivity index is 2.20. The van der Waals surface area contributed by atoms with Crippen LogP contribution in [0.5, 0.6) is 0 Å². The number of hydrogen-bond donors (Lipinski definition) is 4. The first-order chi connectivity index (χ1) is 7.96. The zero-order valence-electron chi connectivity index (χ0n) is 9.49. The van der Waals surface area contributed by atoms with E-state index in [1.807, 2.05) is 12.2 Å². The van der Waals surface area contributed by atoms with Gasteiger partial charge in [-0.15, -0.1) is 0 Å². The lowest BCUT2D eigenvalue weighted by atomic mass is 9.96. The Labute approximate surface area is 100 Å². The van der Waals surface area contributed by atoms with Crippen LogP contribution in [-0.2, 0) is 4.74 Å². The molecule has 2 rings (SSSR count). The van der Waals surface area contributed by atoms with Crippen molar-refractivity contribution in [2.45, 2.75) is 23.5 Å². The van der Waals surface area contributed by atoms with E-state index >= 15 is 0 Å². The maximum atomic E-state index is 6.10. The molecule has 4 unspecified atom stereocenters. The van der Waals surface area contributed by atoms with Crippen LogP contribution in [0.25, 0.3) is 0 Å². The molecule has 0 aromatic heterocycles. The van der Waals surface area contributed by atoms with Crippen LogP contribution in [0.4, 0.5) is 0 Å². The Kier molecular flexibility index (Phi) is 3.03. The molecule has 0 spiro atoms. The topological polar surface area (TPSA) is 113 Å². The molecule has 92 valence electrons. The summed E-state index contributed by atoms with van der Waals surface area (Å²) in [6.45, 7) is 0. The van der Waals surface area contributed by atoms with Crippen molar-refractivity contribution in [3.8, 4) is 0 Å². The van der Waals surface area contributed by atoms with Gasteiger partial charge >= 0.3 is 0 Å². The highest BCUT2D eigenvalue weighted by molar-refractivity contribution is 5.27. The summed E-state index contributed by atoms with van der Waals surface area (Å²) in [5, 5.41) is 0. The van der Waals surface area contributed by atoms with Gasteiger partial charge in [-0.05, 0) is 12.2 Å². The van der Waals surface area contributed by atoms with Gasteiger partial charge in [-0.25, -0.2) is 0 Å². The Morgan fingerprint density at radius 3 is 1.53 bits per heavy atom. The van der Waals surface area contributed by atoms with Gasteiger partial charge in [0.2, 0.25) is 0 Å². The molecule has 2 aliphatic carbocycles. The van der Waals surface area contributed by atoms with E-state index in [1.54, 1.807) is 36.5 Å². The molecule has 0 bridgehead atoms. The second-order valence-electron chi connectivity index (χ2n) is 4.35. The van der Waals surface area contributed by atoms with E-state index < -0.39 is 23.5 Å². The third kappa shape index (κ3) is 2.24. The fraction of sp³-hybridized carbons (Fsp3) is 0.333. The third-order valence-electron chi connectivity index (χ3n) is 2.97. The minimum Gasteiger partial charge on any atom is -0.329 e. The normalized spacial score (nSPS) is 44.2. The molecule has 0 fully saturated rings. The van der Waals surface area contributed by atoms with E-state index in [0.29, 0.717) is 0 Å². The van der Waals surface area contributed by atoms with Crippen molar-refractivity contribution in [3.05, 3.63) is 48.6 Å². The van der Waals surface area contributed by atoms with Gasteiger partial charge in [-0.1, -0.05) is 36.5 Å². The zero-order valence-corrected chi connectivity index (χ0v) is 9.49. The van der Waals surface area contributed by atoms with Crippen molar-refractivity contribution in [2.75, 3.05) is 0 Å². The summed E-state index contributed by atoms with van der Waals surface area (Å²) >= 11 is 0. The second kappa shape index (κ2) is 4.21. The summed E-state index contributed by atoms with van der Waals surface area (Å²) in [7, 11) is 0. The molecule has 0 aliphatic heterocycles. The lowest BCUT2D eigenvalue weighted by Crippen LogP contribution is -2.66. The van der Waals surface area contributed by atoms with Crippen molar-refractivity contribution in [1.82, 2.24) is 0 Å². The molecule has 0 heterocycles. The van der Waals surface area contributed by atoms with Gasteiger partial charge in [0.25, 0.3) is 0 Å². The first kappa shape index (κ1) is 12.2. The number of ether oxygens (including phenoxy) is 1. The van der Waals surface area contributed by atoms with E-state index in [9.17, 15) is 0 Å². The summed E-state index contributed by atoms with van der Waals surface area (Å²) in [5.74, 6) is 0. The molecule has 0 aromatic rings. The fourth-order valence-electron chi connectivity index (χ4n) is 1.81. The Morgan fingerprint density at radius 2 is 1.18 bits per heavy atom. The largest absolute Gasteiger partial charge is 0.329 e. The van der Waals surface area contributed by atoms with Gasteiger partial charge in [0.05, 0.1) is 12.1 Å². The van der Waals surface area contributed by atoms with Crippen LogP contribution in [-0.4, -0.2) is 23.5 Å². The molecular formula is C12H18N4O. The predicted molar refractivity (Wildman–Crippen MR) is 67.4 cm³/mol. The van der Waals surface area contributed by atoms with Crippen molar-refractivity contribution < 1.29 is 4.74 Å². The lowest BCUT2D eigenvalue weighted by molar-refractivity contribution is -0.114. The van der Waals surface area contributed by atoms with Crippen molar-refractivity contribution in [3.63, 3.8) is 0 Å². The van der Waals surface area contributed by atoms with Gasteiger partial charge in [-0.3, -0.25) is 11.5 Å². The monoisotopic (exact) mass is 234 g/mol. The van der Waals surface area contributed by atoms with Gasteiger partial charge in [0.15, 0.2) is 11.4 Å². The molecule has 5 nitrogen and oxygen atoms in total. The quantitative estimate of drug-likeness (QED) is 0.468. The third-order valence-corrected chi connectivity index (χ3v) is 2.97. The van der Waals surface area contributed by atoms with E-state index in [0.717, 1.165) is 0 Å². The van der Waals surface area contributed by atoms with Crippen LogP contribution in [0.2, 0.25) is 0 Å². The maximum absolute atomic E-state index is 6.10. The fourth-order valence-corrected chi connectivity index (χ4v) is 1.81. The van der Waals surface area contributed by atoms with Crippen LogP contribution >= 0.6 is 0 Å². The molecule has 2 aliphatic rings. The molecule has 4 atom stereocenters. The Hall–Kier alpha value is -1.24. The SMILES string of the molecule is NC1C=CC=CC1(N)OC1(N)C=CC=CC1N. The highest BCUT2D eigenvalue weighted by Gasteiger charge is 2.41. The Morgan fingerprint density at radius 1 is 0.765 bits per heavy atom. The van der Waals surface area contributed by atoms with Crippen molar-refractivity contribution >= 4 is 0 Å². The van der Waals surface area contributed by atoms with Crippen LogP contribution in [0.1, 0.15) is 0 Å². The highest BCUT2D eigenvalue weighted by atomic mass is 16.5. The molecule has 5 heteroatoms.